The van der Waals surface area contributed by atoms with Gasteiger partial charge in [0.25, 0.3) is 5.91 Å². The van der Waals surface area contributed by atoms with Crippen LogP contribution in [0.25, 0.3) is 0 Å². The second kappa shape index (κ2) is 8.30. The molecule has 0 aliphatic carbocycles. The van der Waals surface area contributed by atoms with E-state index in [9.17, 15) is 31.2 Å². The summed E-state index contributed by atoms with van der Waals surface area (Å²) in [5.41, 5.74) is -1.43. The van der Waals surface area contributed by atoms with E-state index < -0.39 is 45.7 Å². The second-order valence-corrected chi connectivity index (χ2v) is 9.11. The first-order chi connectivity index (χ1) is 12.1. The molecule has 11 heteroatoms. The molecular formula is C15H16F3NO5S2. The van der Waals surface area contributed by atoms with Gasteiger partial charge in [-0.15, -0.1) is 11.8 Å². The molecule has 1 N–H and O–H groups in total. The van der Waals surface area contributed by atoms with E-state index in [-0.39, 0.29) is 22.5 Å². The number of benzene rings is 1. The summed E-state index contributed by atoms with van der Waals surface area (Å²) in [6.45, 7) is -0.728. The maximum atomic E-state index is 12.8. The Morgan fingerprint density at radius 2 is 1.96 bits per heavy atom. The van der Waals surface area contributed by atoms with Crippen molar-refractivity contribution in [1.82, 2.24) is 0 Å². The van der Waals surface area contributed by atoms with Gasteiger partial charge in [0.05, 0.1) is 28.5 Å². The van der Waals surface area contributed by atoms with Gasteiger partial charge in [0, 0.05) is 5.25 Å². The van der Waals surface area contributed by atoms with Crippen LogP contribution < -0.4 is 5.32 Å². The lowest BCUT2D eigenvalue weighted by atomic mass is 10.1. The summed E-state index contributed by atoms with van der Waals surface area (Å²) in [5.74, 6) is -1.69. The fourth-order valence-electron chi connectivity index (χ4n) is 2.29. The van der Waals surface area contributed by atoms with Crippen molar-refractivity contribution in [2.45, 2.75) is 17.8 Å². The highest BCUT2D eigenvalue weighted by Gasteiger charge is 2.33. The minimum Gasteiger partial charge on any atom is -0.455 e. The van der Waals surface area contributed by atoms with E-state index in [1.165, 1.54) is 12.1 Å². The zero-order chi connectivity index (χ0) is 19.4. The average Bonchev–Trinajstić information content (AvgIpc) is 2.89. The fourth-order valence-corrected chi connectivity index (χ4v) is 5.73. The van der Waals surface area contributed by atoms with Crippen LogP contribution in [-0.4, -0.2) is 49.4 Å². The van der Waals surface area contributed by atoms with Crippen LogP contribution in [-0.2, 0) is 30.3 Å². The van der Waals surface area contributed by atoms with Gasteiger partial charge >= 0.3 is 12.1 Å². The van der Waals surface area contributed by atoms with Crippen LogP contribution in [0, 0.1) is 0 Å². The molecule has 1 saturated heterocycles. The lowest BCUT2D eigenvalue weighted by molar-refractivity contribution is -0.144. The first-order valence-corrected chi connectivity index (χ1v) is 10.4. The van der Waals surface area contributed by atoms with Crippen molar-refractivity contribution in [1.29, 1.82) is 0 Å². The van der Waals surface area contributed by atoms with Gasteiger partial charge in [-0.25, -0.2) is 8.42 Å². The third kappa shape index (κ3) is 6.20. The van der Waals surface area contributed by atoms with Crippen LogP contribution in [0.1, 0.15) is 12.0 Å². The number of hydrogen-bond acceptors (Lipinski definition) is 6. The van der Waals surface area contributed by atoms with E-state index in [2.05, 4.69) is 5.32 Å². The number of anilines is 1. The summed E-state index contributed by atoms with van der Waals surface area (Å²) in [5, 5.41) is 1.86. The Kier molecular flexibility index (Phi) is 6.56. The third-order valence-electron chi connectivity index (χ3n) is 3.50. The number of sulfone groups is 1. The van der Waals surface area contributed by atoms with E-state index in [0.29, 0.717) is 6.42 Å². The number of para-hydroxylation sites is 1. The lowest BCUT2D eigenvalue weighted by Gasteiger charge is -2.13. The number of carbonyl (C=O) groups excluding carboxylic acids is 2. The minimum absolute atomic E-state index is 0.000338. The zero-order valence-corrected chi connectivity index (χ0v) is 15.0. The standard InChI is InChI=1S/C15H16F3NO5S2/c16-15(17,18)11-3-1-2-4-12(11)19-13(20)7-24-14(21)8-25-10-5-6-26(22,23)9-10/h1-4,10H,5-9H2,(H,19,20)/t10-/m1/s1. The van der Waals surface area contributed by atoms with E-state index in [0.717, 1.165) is 23.9 Å². The SMILES string of the molecule is O=C(COC(=O)CS[C@@H]1CCS(=O)(=O)C1)Nc1ccccc1C(F)(F)F. The van der Waals surface area contributed by atoms with Crippen LogP contribution >= 0.6 is 11.8 Å². The lowest BCUT2D eigenvalue weighted by Crippen LogP contribution is -2.23. The van der Waals surface area contributed by atoms with Gasteiger partial charge in [-0.3, -0.25) is 9.59 Å². The number of hydrogen-bond donors (Lipinski definition) is 1. The number of esters is 1. The van der Waals surface area contributed by atoms with Crippen LogP contribution in [0.3, 0.4) is 0 Å². The van der Waals surface area contributed by atoms with Gasteiger partial charge in [-0.1, -0.05) is 12.1 Å². The molecule has 6 nitrogen and oxygen atoms in total. The van der Waals surface area contributed by atoms with Crippen molar-refractivity contribution in [2.75, 3.05) is 29.2 Å². The molecule has 1 amide bonds. The average molecular weight is 411 g/mol. The highest BCUT2D eigenvalue weighted by Crippen LogP contribution is 2.34. The van der Waals surface area contributed by atoms with Crippen LogP contribution in [0.15, 0.2) is 24.3 Å². The number of halogens is 3. The molecule has 0 spiro atoms. The van der Waals surface area contributed by atoms with Crippen LogP contribution in [0.4, 0.5) is 18.9 Å². The Morgan fingerprint density at radius 1 is 1.27 bits per heavy atom. The summed E-state index contributed by atoms with van der Waals surface area (Å²) < 4.78 is 65.8. The Morgan fingerprint density at radius 3 is 2.58 bits per heavy atom. The summed E-state index contributed by atoms with van der Waals surface area (Å²) in [6.07, 6.45) is -4.17. The summed E-state index contributed by atoms with van der Waals surface area (Å²) in [4.78, 5) is 23.3. The van der Waals surface area contributed by atoms with Gasteiger partial charge in [0.2, 0.25) is 0 Å². The van der Waals surface area contributed by atoms with Crippen LogP contribution in [0.5, 0.6) is 0 Å². The van der Waals surface area contributed by atoms with E-state index in [1.54, 1.807) is 0 Å². The smallest absolute Gasteiger partial charge is 0.418 e. The summed E-state index contributed by atoms with van der Waals surface area (Å²) >= 11 is 1.12. The second-order valence-electron chi connectivity index (χ2n) is 5.59. The molecule has 1 fully saturated rings. The molecule has 1 heterocycles. The van der Waals surface area contributed by atoms with Gasteiger partial charge in [-0.2, -0.15) is 13.2 Å². The molecule has 0 bridgehead atoms. The predicted molar refractivity (Wildman–Crippen MR) is 90.5 cm³/mol. The molecule has 1 aromatic carbocycles. The monoisotopic (exact) mass is 411 g/mol. The highest BCUT2D eigenvalue weighted by molar-refractivity contribution is 8.02. The molecule has 2 rings (SSSR count). The van der Waals surface area contributed by atoms with Crippen molar-refractivity contribution in [3.63, 3.8) is 0 Å². The molecule has 0 saturated carbocycles. The molecule has 1 aliphatic heterocycles. The minimum atomic E-state index is -4.63. The molecule has 1 aliphatic rings. The van der Waals surface area contributed by atoms with Crippen LogP contribution in [0.2, 0.25) is 0 Å². The molecule has 1 aromatic rings. The van der Waals surface area contributed by atoms with Crippen molar-refractivity contribution >= 4 is 39.2 Å². The van der Waals surface area contributed by atoms with Gasteiger partial charge in [0.15, 0.2) is 16.4 Å². The third-order valence-corrected chi connectivity index (χ3v) is 6.75. The highest BCUT2D eigenvalue weighted by atomic mass is 32.2. The molecule has 0 radical (unpaired) electrons. The van der Waals surface area contributed by atoms with Crippen molar-refractivity contribution in [3.05, 3.63) is 29.8 Å². The molecule has 1 atom stereocenters. The molecular weight excluding hydrogens is 395 g/mol. The Bertz CT molecular complexity index is 780. The van der Waals surface area contributed by atoms with Gasteiger partial charge in [-0.05, 0) is 18.6 Å². The van der Waals surface area contributed by atoms with E-state index in [4.69, 9.17) is 4.74 Å². The Hall–Kier alpha value is -1.75. The maximum absolute atomic E-state index is 12.8. The summed E-state index contributed by atoms with van der Waals surface area (Å²) in [6, 6.07) is 4.45. The van der Waals surface area contributed by atoms with Crippen molar-refractivity contribution < 1.29 is 35.9 Å². The number of ether oxygens (including phenoxy) is 1. The topological polar surface area (TPSA) is 89.5 Å². The normalized spacial score (nSPS) is 19.1. The van der Waals surface area contributed by atoms with Gasteiger partial charge < -0.3 is 10.1 Å². The molecule has 0 aromatic heterocycles. The number of carbonyl (C=O) groups is 2. The number of nitrogens with one attached hydrogen (secondary N) is 1. The first kappa shape index (κ1) is 20.6. The summed E-state index contributed by atoms with van der Waals surface area (Å²) in [7, 11) is -3.05. The zero-order valence-electron chi connectivity index (χ0n) is 13.4. The van der Waals surface area contributed by atoms with Crippen molar-refractivity contribution in [3.8, 4) is 0 Å². The number of alkyl halides is 3. The fraction of sp³-hybridized carbons (Fsp3) is 0.467. The quantitative estimate of drug-likeness (QED) is 0.722. The molecule has 26 heavy (non-hydrogen) atoms. The molecule has 144 valence electrons. The Balaban J connectivity index is 1.78. The number of thioether (sulfide) groups is 1. The Labute approximate surface area is 152 Å². The largest absolute Gasteiger partial charge is 0.455 e. The van der Waals surface area contributed by atoms with Crippen molar-refractivity contribution in [2.24, 2.45) is 0 Å². The van der Waals surface area contributed by atoms with Gasteiger partial charge in [0.1, 0.15) is 0 Å². The number of rotatable bonds is 6. The number of amides is 1. The van der Waals surface area contributed by atoms with E-state index >= 15 is 0 Å². The molecule has 0 unspecified atom stereocenters. The predicted octanol–water partition coefficient (Wildman–Crippen LogP) is 2.11. The maximum Gasteiger partial charge on any atom is 0.418 e. The first-order valence-electron chi connectivity index (χ1n) is 7.50. The van der Waals surface area contributed by atoms with E-state index in [1.807, 2.05) is 0 Å².